The lowest BCUT2D eigenvalue weighted by atomic mass is 10.1. The number of nitrogens with zero attached hydrogens (tertiary/aromatic N) is 1. The van der Waals surface area contributed by atoms with Crippen molar-refractivity contribution in [2.24, 2.45) is 5.92 Å². The molecule has 4 heteroatoms. The Labute approximate surface area is 99.1 Å². The van der Waals surface area contributed by atoms with E-state index in [1.807, 2.05) is 13.0 Å². The van der Waals surface area contributed by atoms with Crippen molar-refractivity contribution in [2.75, 3.05) is 18.5 Å². The van der Waals surface area contributed by atoms with E-state index < -0.39 is 0 Å². The molecule has 0 radical (unpaired) electrons. The smallest absolute Gasteiger partial charge is 0.126 e. The minimum atomic E-state index is 0.246. The normalized spacial score (nSPS) is 12.5. The van der Waals surface area contributed by atoms with Crippen LogP contribution in [0.1, 0.15) is 18.9 Å². The highest BCUT2D eigenvalue weighted by Gasteiger charge is 2.02. The molecule has 1 aromatic rings. The van der Waals surface area contributed by atoms with E-state index in [4.69, 9.17) is 5.11 Å². The molecule has 84 valence electrons. The molecule has 0 aliphatic carbocycles. The Balaban J connectivity index is 2.47. The summed E-state index contributed by atoms with van der Waals surface area (Å²) < 4.78 is 1.02. The zero-order chi connectivity index (χ0) is 11.3. The standard InChI is InChI=1S/C11H17BrN2O/c1-8(3-4-15)6-13-11-5-9(2)10(12)7-14-11/h5,7-8,15H,3-4,6H2,1-2H3,(H,13,14). The SMILES string of the molecule is Cc1cc(NCC(C)CCO)ncc1Br. The maximum Gasteiger partial charge on any atom is 0.126 e. The van der Waals surface area contributed by atoms with Crippen LogP contribution in [0.25, 0.3) is 0 Å². The van der Waals surface area contributed by atoms with Gasteiger partial charge < -0.3 is 10.4 Å². The largest absolute Gasteiger partial charge is 0.396 e. The lowest BCUT2D eigenvalue weighted by Crippen LogP contribution is -2.13. The average Bonchev–Trinajstić information content (AvgIpc) is 2.20. The number of halogens is 1. The van der Waals surface area contributed by atoms with Crippen LogP contribution in [0.15, 0.2) is 16.7 Å². The first-order valence-corrected chi connectivity index (χ1v) is 5.89. The van der Waals surface area contributed by atoms with Gasteiger partial charge in [0.25, 0.3) is 0 Å². The molecule has 0 bridgehead atoms. The molecule has 1 atom stereocenters. The predicted molar refractivity (Wildman–Crippen MR) is 66.0 cm³/mol. The fourth-order valence-electron chi connectivity index (χ4n) is 1.24. The van der Waals surface area contributed by atoms with Gasteiger partial charge in [0, 0.05) is 23.8 Å². The van der Waals surface area contributed by atoms with Crippen molar-refractivity contribution >= 4 is 21.7 Å². The van der Waals surface area contributed by atoms with Gasteiger partial charge in [0.15, 0.2) is 0 Å². The van der Waals surface area contributed by atoms with E-state index in [0.29, 0.717) is 5.92 Å². The van der Waals surface area contributed by atoms with Crippen LogP contribution in [-0.4, -0.2) is 23.2 Å². The molecule has 2 N–H and O–H groups in total. The van der Waals surface area contributed by atoms with E-state index >= 15 is 0 Å². The van der Waals surface area contributed by atoms with Crippen molar-refractivity contribution in [1.82, 2.24) is 4.98 Å². The van der Waals surface area contributed by atoms with E-state index in [0.717, 1.165) is 23.3 Å². The predicted octanol–water partition coefficient (Wildman–Crippen LogP) is 2.58. The highest BCUT2D eigenvalue weighted by Crippen LogP contribution is 2.17. The minimum Gasteiger partial charge on any atom is -0.396 e. The summed E-state index contributed by atoms with van der Waals surface area (Å²) in [4.78, 5) is 4.25. The first kappa shape index (κ1) is 12.5. The maximum atomic E-state index is 8.76. The first-order valence-electron chi connectivity index (χ1n) is 5.10. The van der Waals surface area contributed by atoms with Crippen molar-refractivity contribution < 1.29 is 5.11 Å². The molecule has 1 unspecified atom stereocenters. The fraction of sp³-hybridized carbons (Fsp3) is 0.545. The number of aliphatic hydroxyl groups is 1. The summed E-state index contributed by atoms with van der Waals surface area (Å²) >= 11 is 3.41. The topological polar surface area (TPSA) is 45.1 Å². The number of aromatic nitrogens is 1. The molecule has 1 rings (SSSR count). The molecule has 0 aromatic carbocycles. The second-order valence-electron chi connectivity index (χ2n) is 3.82. The summed E-state index contributed by atoms with van der Waals surface area (Å²) in [7, 11) is 0. The second-order valence-corrected chi connectivity index (χ2v) is 4.67. The molecule has 0 saturated carbocycles. The number of nitrogens with one attached hydrogen (secondary N) is 1. The number of hydrogen-bond donors (Lipinski definition) is 2. The third kappa shape index (κ3) is 4.18. The molecule has 0 amide bonds. The summed E-state index contributed by atoms with van der Waals surface area (Å²) in [5.74, 6) is 1.35. The minimum absolute atomic E-state index is 0.246. The molecular weight excluding hydrogens is 256 g/mol. The van der Waals surface area contributed by atoms with Gasteiger partial charge in [-0.2, -0.15) is 0 Å². The van der Waals surface area contributed by atoms with Gasteiger partial charge in [0.05, 0.1) is 0 Å². The van der Waals surface area contributed by atoms with Crippen LogP contribution in [0, 0.1) is 12.8 Å². The van der Waals surface area contributed by atoms with Crippen molar-refractivity contribution in [3.05, 3.63) is 22.3 Å². The van der Waals surface area contributed by atoms with Crippen LogP contribution >= 0.6 is 15.9 Å². The van der Waals surface area contributed by atoms with Crippen LogP contribution in [0.3, 0.4) is 0 Å². The molecular formula is C11H17BrN2O. The van der Waals surface area contributed by atoms with Gasteiger partial charge in [-0.1, -0.05) is 6.92 Å². The van der Waals surface area contributed by atoms with Crippen LogP contribution in [0.2, 0.25) is 0 Å². The lowest BCUT2D eigenvalue weighted by Gasteiger charge is -2.12. The van der Waals surface area contributed by atoms with Crippen molar-refractivity contribution in [2.45, 2.75) is 20.3 Å². The molecule has 1 heterocycles. The molecule has 0 saturated heterocycles. The van der Waals surface area contributed by atoms with Crippen molar-refractivity contribution in [1.29, 1.82) is 0 Å². The zero-order valence-corrected chi connectivity index (χ0v) is 10.7. The van der Waals surface area contributed by atoms with Gasteiger partial charge in [-0.05, 0) is 46.8 Å². The van der Waals surface area contributed by atoms with Gasteiger partial charge in [-0.3, -0.25) is 0 Å². The summed E-state index contributed by atoms with van der Waals surface area (Å²) in [6.45, 7) is 5.23. The van der Waals surface area contributed by atoms with Crippen LogP contribution < -0.4 is 5.32 Å². The molecule has 1 aromatic heterocycles. The Morgan fingerprint density at radius 3 is 2.93 bits per heavy atom. The third-order valence-corrected chi connectivity index (χ3v) is 3.13. The number of rotatable bonds is 5. The van der Waals surface area contributed by atoms with E-state index in [1.165, 1.54) is 5.56 Å². The third-order valence-electron chi connectivity index (χ3n) is 2.30. The summed E-state index contributed by atoms with van der Waals surface area (Å²) in [6, 6.07) is 2.01. The molecule has 3 nitrogen and oxygen atoms in total. The van der Waals surface area contributed by atoms with E-state index in [1.54, 1.807) is 6.20 Å². The van der Waals surface area contributed by atoms with E-state index in [9.17, 15) is 0 Å². The maximum absolute atomic E-state index is 8.76. The molecule has 0 aliphatic rings. The highest BCUT2D eigenvalue weighted by atomic mass is 79.9. The van der Waals surface area contributed by atoms with Crippen molar-refractivity contribution in [3.63, 3.8) is 0 Å². The Morgan fingerprint density at radius 2 is 2.33 bits per heavy atom. The van der Waals surface area contributed by atoms with E-state index in [-0.39, 0.29) is 6.61 Å². The Kier molecular flexibility index (Phi) is 5.05. The summed E-state index contributed by atoms with van der Waals surface area (Å²) in [5, 5.41) is 12.0. The fourth-order valence-corrected chi connectivity index (χ4v) is 1.45. The first-order chi connectivity index (χ1) is 7.13. The monoisotopic (exact) mass is 272 g/mol. The lowest BCUT2D eigenvalue weighted by molar-refractivity contribution is 0.266. The van der Waals surface area contributed by atoms with Crippen LogP contribution in [0.5, 0.6) is 0 Å². The number of pyridine rings is 1. The number of aliphatic hydroxyl groups excluding tert-OH is 1. The van der Waals surface area contributed by atoms with Gasteiger partial charge >= 0.3 is 0 Å². The zero-order valence-electron chi connectivity index (χ0n) is 9.13. The Bertz CT molecular complexity index is 317. The Hall–Kier alpha value is -0.610. The molecule has 15 heavy (non-hydrogen) atoms. The van der Waals surface area contributed by atoms with Gasteiger partial charge in [0.1, 0.15) is 5.82 Å². The highest BCUT2D eigenvalue weighted by molar-refractivity contribution is 9.10. The summed E-state index contributed by atoms with van der Waals surface area (Å²) in [6.07, 6.45) is 2.62. The van der Waals surface area contributed by atoms with Crippen molar-refractivity contribution in [3.8, 4) is 0 Å². The molecule has 0 aliphatic heterocycles. The van der Waals surface area contributed by atoms with Gasteiger partial charge in [-0.15, -0.1) is 0 Å². The number of anilines is 1. The van der Waals surface area contributed by atoms with E-state index in [2.05, 4.69) is 33.2 Å². The van der Waals surface area contributed by atoms with Crippen LogP contribution in [-0.2, 0) is 0 Å². The second kappa shape index (κ2) is 6.08. The quantitative estimate of drug-likeness (QED) is 0.866. The van der Waals surface area contributed by atoms with Gasteiger partial charge in [-0.25, -0.2) is 4.98 Å². The Morgan fingerprint density at radius 1 is 1.60 bits per heavy atom. The van der Waals surface area contributed by atoms with Crippen LogP contribution in [0.4, 0.5) is 5.82 Å². The van der Waals surface area contributed by atoms with Gasteiger partial charge in [0.2, 0.25) is 0 Å². The average molecular weight is 273 g/mol. The molecule has 0 fully saturated rings. The molecule has 0 spiro atoms. The number of aryl methyl sites for hydroxylation is 1. The number of hydrogen-bond acceptors (Lipinski definition) is 3. The summed E-state index contributed by atoms with van der Waals surface area (Å²) in [5.41, 5.74) is 1.17.